The maximum atomic E-state index is 11.8. The van der Waals surface area contributed by atoms with E-state index in [0.29, 0.717) is 24.7 Å². The van der Waals surface area contributed by atoms with Crippen LogP contribution in [0.5, 0.6) is 0 Å². The summed E-state index contributed by atoms with van der Waals surface area (Å²) >= 11 is 0. The van der Waals surface area contributed by atoms with Gasteiger partial charge in [0.05, 0.1) is 12.2 Å². The topological polar surface area (TPSA) is 76.1 Å². The predicted molar refractivity (Wildman–Crippen MR) is 80.7 cm³/mol. The van der Waals surface area contributed by atoms with Crippen LogP contribution >= 0.6 is 0 Å². The first-order valence-electron chi connectivity index (χ1n) is 6.62. The molecular formula is C15H18N4O2. The third-order valence-corrected chi connectivity index (χ3v) is 2.78. The van der Waals surface area contributed by atoms with E-state index in [-0.39, 0.29) is 5.91 Å². The molecule has 0 spiro atoms. The van der Waals surface area contributed by atoms with Gasteiger partial charge in [0.15, 0.2) is 0 Å². The molecule has 0 aliphatic carbocycles. The Bertz CT molecular complexity index is 599. The van der Waals surface area contributed by atoms with Gasteiger partial charge in [-0.15, -0.1) is 0 Å². The van der Waals surface area contributed by atoms with E-state index in [1.807, 2.05) is 31.2 Å². The van der Waals surface area contributed by atoms with Crippen molar-refractivity contribution in [3.8, 4) is 0 Å². The van der Waals surface area contributed by atoms with Gasteiger partial charge in [-0.3, -0.25) is 4.79 Å². The van der Waals surface area contributed by atoms with Crippen LogP contribution in [0.25, 0.3) is 0 Å². The van der Waals surface area contributed by atoms with E-state index < -0.39 is 0 Å². The van der Waals surface area contributed by atoms with Crippen LogP contribution in [-0.2, 0) is 4.74 Å². The Morgan fingerprint density at radius 2 is 2.05 bits per heavy atom. The number of hydrogen-bond donors (Lipinski definition) is 2. The molecule has 0 unspecified atom stereocenters. The number of aryl methyl sites for hydroxylation is 1. The van der Waals surface area contributed by atoms with Gasteiger partial charge in [-0.2, -0.15) is 0 Å². The monoisotopic (exact) mass is 286 g/mol. The van der Waals surface area contributed by atoms with Crippen LogP contribution in [0.15, 0.2) is 36.7 Å². The summed E-state index contributed by atoms with van der Waals surface area (Å²) in [5, 5.41) is 5.80. The Kier molecular flexibility index (Phi) is 5.22. The third-order valence-electron chi connectivity index (χ3n) is 2.78. The molecular weight excluding hydrogens is 268 g/mol. The van der Waals surface area contributed by atoms with E-state index in [1.165, 1.54) is 12.4 Å². The van der Waals surface area contributed by atoms with Crippen molar-refractivity contribution < 1.29 is 9.53 Å². The van der Waals surface area contributed by atoms with Crippen LogP contribution < -0.4 is 10.6 Å². The molecule has 0 fully saturated rings. The van der Waals surface area contributed by atoms with Crippen LogP contribution in [0.3, 0.4) is 0 Å². The molecule has 2 aromatic rings. The largest absolute Gasteiger partial charge is 0.383 e. The van der Waals surface area contributed by atoms with E-state index in [4.69, 9.17) is 4.74 Å². The molecule has 2 rings (SSSR count). The number of carbonyl (C=O) groups excluding carboxylic acids is 1. The number of hydrogen-bond acceptors (Lipinski definition) is 5. The number of methoxy groups -OCH3 is 1. The number of rotatable bonds is 6. The lowest BCUT2D eigenvalue weighted by molar-refractivity contribution is 0.0936. The predicted octanol–water partition coefficient (Wildman–Crippen LogP) is 1.90. The molecule has 21 heavy (non-hydrogen) atoms. The molecule has 0 saturated heterocycles. The highest BCUT2D eigenvalue weighted by Crippen LogP contribution is 2.13. The zero-order chi connectivity index (χ0) is 15.1. The number of carbonyl (C=O) groups is 1. The molecule has 0 aliphatic rings. The van der Waals surface area contributed by atoms with Crippen LogP contribution in [0.1, 0.15) is 15.9 Å². The average molecular weight is 286 g/mol. The van der Waals surface area contributed by atoms with Gasteiger partial charge in [0.25, 0.3) is 5.91 Å². The minimum atomic E-state index is -0.214. The second kappa shape index (κ2) is 7.35. The SMILES string of the molecule is COCCNC(=O)c1cnc(Nc2cccc(C)c2)nc1. The second-order valence-corrected chi connectivity index (χ2v) is 4.54. The van der Waals surface area contributed by atoms with Crippen LogP contribution in [0.2, 0.25) is 0 Å². The summed E-state index contributed by atoms with van der Waals surface area (Å²) in [5.41, 5.74) is 2.47. The highest BCUT2D eigenvalue weighted by atomic mass is 16.5. The molecule has 0 bridgehead atoms. The maximum Gasteiger partial charge on any atom is 0.254 e. The molecule has 1 heterocycles. The number of amides is 1. The average Bonchev–Trinajstić information content (AvgIpc) is 2.48. The first kappa shape index (κ1) is 14.9. The van der Waals surface area contributed by atoms with Crippen molar-refractivity contribution in [2.45, 2.75) is 6.92 Å². The third kappa shape index (κ3) is 4.54. The van der Waals surface area contributed by atoms with Crippen molar-refractivity contribution in [3.63, 3.8) is 0 Å². The van der Waals surface area contributed by atoms with Crippen molar-refractivity contribution in [2.75, 3.05) is 25.6 Å². The van der Waals surface area contributed by atoms with Crippen LogP contribution in [0, 0.1) is 6.92 Å². The van der Waals surface area contributed by atoms with Gasteiger partial charge in [0.2, 0.25) is 5.95 Å². The number of aromatic nitrogens is 2. The van der Waals surface area contributed by atoms with Crippen molar-refractivity contribution >= 4 is 17.5 Å². The molecule has 6 nitrogen and oxygen atoms in total. The van der Waals surface area contributed by atoms with Gasteiger partial charge in [-0.1, -0.05) is 12.1 Å². The molecule has 0 saturated carbocycles. The van der Waals surface area contributed by atoms with Gasteiger partial charge >= 0.3 is 0 Å². The molecule has 0 atom stereocenters. The molecule has 0 radical (unpaired) electrons. The first-order chi connectivity index (χ1) is 10.2. The van der Waals surface area contributed by atoms with E-state index in [2.05, 4.69) is 20.6 Å². The Balaban J connectivity index is 1.97. The quantitative estimate of drug-likeness (QED) is 0.793. The lowest BCUT2D eigenvalue weighted by atomic mass is 10.2. The fourth-order valence-corrected chi connectivity index (χ4v) is 1.73. The Hall–Kier alpha value is -2.47. The number of anilines is 2. The molecule has 1 aromatic carbocycles. The van der Waals surface area contributed by atoms with E-state index in [9.17, 15) is 4.79 Å². The van der Waals surface area contributed by atoms with E-state index in [1.54, 1.807) is 7.11 Å². The normalized spacial score (nSPS) is 10.2. The highest BCUT2D eigenvalue weighted by Gasteiger charge is 2.06. The highest BCUT2D eigenvalue weighted by molar-refractivity contribution is 5.93. The zero-order valence-electron chi connectivity index (χ0n) is 12.1. The fraction of sp³-hybridized carbons (Fsp3) is 0.267. The lowest BCUT2D eigenvalue weighted by Crippen LogP contribution is -2.27. The summed E-state index contributed by atoms with van der Waals surface area (Å²) in [6, 6.07) is 7.89. The Morgan fingerprint density at radius 3 is 2.71 bits per heavy atom. The summed E-state index contributed by atoms with van der Waals surface area (Å²) < 4.78 is 4.87. The first-order valence-corrected chi connectivity index (χ1v) is 6.62. The lowest BCUT2D eigenvalue weighted by Gasteiger charge is -2.07. The van der Waals surface area contributed by atoms with Crippen molar-refractivity contribution in [2.24, 2.45) is 0 Å². The van der Waals surface area contributed by atoms with Gasteiger partial charge < -0.3 is 15.4 Å². The Labute approximate surface area is 123 Å². The number of benzene rings is 1. The van der Waals surface area contributed by atoms with Crippen LogP contribution in [0.4, 0.5) is 11.6 Å². The van der Waals surface area contributed by atoms with E-state index in [0.717, 1.165) is 11.3 Å². The molecule has 110 valence electrons. The number of nitrogens with zero attached hydrogens (tertiary/aromatic N) is 2. The minimum absolute atomic E-state index is 0.214. The van der Waals surface area contributed by atoms with Gasteiger partial charge in [0, 0.05) is 31.7 Å². The Morgan fingerprint density at radius 1 is 1.29 bits per heavy atom. The summed E-state index contributed by atoms with van der Waals surface area (Å²) in [7, 11) is 1.58. The van der Waals surface area contributed by atoms with Crippen molar-refractivity contribution in [1.29, 1.82) is 0 Å². The standard InChI is InChI=1S/C15H18N4O2/c1-11-4-3-5-13(8-11)19-15-17-9-12(10-18-15)14(20)16-6-7-21-2/h3-5,8-10H,6-7H2,1-2H3,(H,16,20)(H,17,18,19). The zero-order valence-corrected chi connectivity index (χ0v) is 12.1. The minimum Gasteiger partial charge on any atom is -0.383 e. The fourth-order valence-electron chi connectivity index (χ4n) is 1.73. The van der Waals surface area contributed by atoms with Crippen molar-refractivity contribution in [1.82, 2.24) is 15.3 Å². The van der Waals surface area contributed by atoms with Gasteiger partial charge in [-0.25, -0.2) is 9.97 Å². The summed E-state index contributed by atoms with van der Waals surface area (Å²) in [6.45, 7) is 2.94. The molecule has 2 N–H and O–H groups in total. The van der Waals surface area contributed by atoms with Gasteiger partial charge in [-0.05, 0) is 24.6 Å². The summed E-state index contributed by atoms with van der Waals surface area (Å²) in [4.78, 5) is 20.0. The van der Waals surface area contributed by atoms with Crippen LogP contribution in [-0.4, -0.2) is 36.1 Å². The summed E-state index contributed by atoms with van der Waals surface area (Å²) in [5.74, 6) is 0.239. The second-order valence-electron chi connectivity index (χ2n) is 4.54. The number of ether oxygens (including phenoxy) is 1. The van der Waals surface area contributed by atoms with Crippen molar-refractivity contribution in [3.05, 3.63) is 47.8 Å². The molecule has 6 heteroatoms. The number of nitrogens with one attached hydrogen (secondary N) is 2. The summed E-state index contributed by atoms with van der Waals surface area (Å²) in [6.07, 6.45) is 2.99. The molecule has 1 amide bonds. The molecule has 0 aliphatic heterocycles. The van der Waals surface area contributed by atoms with E-state index >= 15 is 0 Å². The maximum absolute atomic E-state index is 11.8. The molecule has 1 aromatic heterocycles. The van der Waals surface area contributed by atoms with Gasteiger partial charge in [0.1, 0.15) is 0 Å². The smallest absolute Gasteiger partial charge is 0.254 e.